The van der Waals surface area contributed by atoms with Gasteiger partial charge in [-0.1, -0.05) is 59.7 Å². The molecule has 0 amide bonds. The zero-order valence-electron chi connectivity index (χ0n) is 25.2. The molecule has 0 saturated heterocycles. The molecular weight excluding hydrogens is 532 g/mol. The fourth-order valence-electron chi connectivity index (χ4n) is 4.18. The van der Waals surface area contributed by atoms with Gasteiger partial charge in [0.15, 0.2) is 0 Å². The van der Waals surface area contributed by atoms with E-state index in [4.69, 9.17) is 4.74 Å². The Kier molecular flexibility index (Phi) is 10.4. The first-order valence-corrected chi connectivity index (χ1v) is 13.9. The minimum Gasteiger partial charge on any atom is -0.477 e. The van der Waals surface area contributed by atoms with Crippen molar-refractivity contribution in [2.75, 3.05) is 6.61 Å². The Hall–Kier alpha value is -4.72. The lowest BCUT2D eigenvalue weighted by molar-refractivity contribution is 0.0523. The third-order valence-electron chi connectivity index (χ3n) is 6.73. The van der Waals surface area contributed by atoms with Crippen molar-refractivity contribution in [1.82, 2.24) is 9.13 Å². The average molecular weight is 571 g/mol. The predicted octanol–water partition coefficient (Wildman–Crippen LogP) is 6.68. The number of nitrogens with zero attached hydrogens (tertiary/aromatic N) is 2. The van der Waals surface area contributed by atoms with Gasteiger partial charge in [0.1, 0.15) is 11.1 Å². The van der Waals surface area contributed by atoms with Gasteiger partial charge in [0, 0.05) is 48.0 Å². The first-order chi connectivity index (χ1) is 19.8. The molecule has 2 aromatic carbocycles. The normalized spacial score (nSPS) is 10.8. The number of aromatic nitrogens is 2. The highest BCUT2D eigenvalue weighted by Gasteiger charge is 2.18. The average Bonchev–Trinajstić information content (AvgIpc) is 2.94. The Balaban J connectivity index is 0.000000231. The first-order valence-electron chi connectivity index (χ1n) is 13.9. The molecule has 0 aliphatic carbocycles. The van der Waals surface area contributed by atoms with Gasteiger partial charge in [-0.05, 0) is 59.6 Å². The summed E-state index contributed by atoms with van der Waals surface area (Å²) in [6.07, 6.45) is 6.47. The van der Waals surface area contributed by atoms with Crippen LogP contribution in [-0.4, -0.2) is 32.8 Å². The lowest BCUT2D eigenvalue weighted by Gasteiger charge is -2.15. The van der Waals surface area contributed by atoms with Crippen LogP contribution in [0.15, 0.2) is 82.9 Å². The monoisotopic (exact) mass is 570 g/mol. The molecule has 0 unspecified atom stereocenters. The zero-order valence-corrected chi connectivity index (χ0v) is 25.2. The van der Waals surface area contributed by atoms with Gasteiger partial charge in [0.05, 0.1) is 6.61 Å². The molecule has 4 rings (SSSR count). The second-order valence-corrected chi connectivity index (χ2v) is 10.7. The maximum Gasteiger partial charge on any atom is 0.343 e. The summed E-state index contributed by atoms with van der Waals surface area (Å²) in [5, 5.41) is 9.17. The molecule has 0 spiro atoms. The van der Waals surface area contributed by atoms with Gasteiger partial charge < -0.3 is 19.0 Å². The van der Waals surface area contributed by atoms with E-state index >= 15 is 0 Å². The summed E-state index contributed by atoms with van der Waals surface area (Å²) in [4.78, 5) is 48.2. The largest absolute Gasteiger partial charge is 0.477 e. The molecule has 0 saturated carbocycles. The number of ether oxygens (including phenoxy) is 1. The smallest absolute Gasteiger partial charge is 0.343 e. The van der Waals surface area contributed by atoms with Gasteiger partial charge in [-0.2, -0.15) is 0 Å². The summed E-state index contributed by atoms with van der Waals surface area (Å²) in [5.41, 5.74) is 3.82. The van der Waals surface area contributed by atoms with Crippen LogP contribution in [-0.2, 0) is 4.74 Å². The van der Waals surface area contributed by atoms with Gasteiger partial charge in [-0.25, -0.2) is 9.59 Å². The molecule has 2 aromatic heterocycles. The summed E-state index contributed by atoms with van der Waals surface area (Å²) in [5.74, 6) is -1.77. The molecule has 0 aliphatic rings. The summed E-state index contributed by atoms with van der Waals surface area (Å²) in [7, 11) is 0. The minimum absolute atomic E-state index is 0.0774. The Morgan fingerprint density at radius 2 is 1.07 bits per heavy atom. The molecule has 2 heterocycles. The van der Waals surface area contributed by atoms with Crippen molar-refractivity contribution >= 4 is 11.9 Å². The summed E-state index contributed by atoms with van der Waals surface area (Å²) in [6.45, 7) is 13.8. The van der Waals surface area contributed by atoms with E-state index in [1.807, 2.05) is 94.6 Å². The van der Waals surface area contributed by atoms with E-state index in [1.54, 1.807) is 30.1 Å². The van der Waals surface area contributed by atoms with E-state index in [1.165, 1.54) is 6.20 Å². The van der Waals surface area contributed by atoms with Crippen molar-refractivity contribution in [2.24, 2.45) is 0 Å². The van der Waals surface area contributed by atoms with Crippen LogP contribution in [0.25, 0.3) is 22.3 Å². The van der Waals surface area contributed by atoms with Crippen LogP contribution in [0.4, 0.5) is 0 Å². The van der Waals surface area contributed by atoms with Crippen LogP contribution >= 0.6 is 0 Å². The number of hydrogen-bond donors (Lipinski definition) is 1. The molecule has 42 heavy (non-hydrogen) atoms. The topological polar surface area (TPSA) is 108 Å². The van der Waals surface area contributed by atoms with Crippen LogP contribution in [0.1, 0.15) is 78.5 Å². The number of carbonyl (C=O) groups is 2. The highest BCUT2D eigenvalue weighted by Crippen LogP contribution is 2.20. The number of aryl methyl sites for hydroxylation is 2. The predicted molar refractivity (Wildman–Crippen MR) is 165 cm³/mol. The summed E-state index contributed by atoms with van der Waals surface area (Å²) < 4.78 is 8.62. The van der Waals surface area contributed by atoms with E-state index in [0.717, 1.165) is 22.3 Å². The van der Waals surface area contributed by atoms with Crippen LogP contribution in [0.3, 0.4) is 0 Å². The number of pyridine rings is 2. The first kappa shape index (κ1) is 31.8. The van der Waals surface area contributed by atoms with E-state index in [9.17, 15) is 24.3 Å². The number of rotatable bonds is 7. The Bertz CT molecular complexity index is 1680. The van der Waals surface area contributed by atoms with Crippen molar-refractivity contribution in [2.45, 2.75) is 60.5 Å². The van der Waals surface area contributed by atoms with Gasteiger partial charge in [-0.3, -0.25) is 9.59 Å². The Morgan fingerprint density at radius 3 is 1.43 bits per heavy atom. The summed E-state index contributed by atoms with van der Waals surface area (Å²) in [6, 6.07) is 15.4. The fourth-order valence-corrected chi connectivity index (χ4v) is 4.18. The van der Waals surface area contributed by atoms with Gasteiger partial charge in [0.25, 0.3) is 0 Å². The summed E-state index contributed by atoms with van der Waals surface area (Å²) >= 11 is 0. The second-order valence-electron chi connectivity index (χ2n) is 10.7. The molecule has 0 radical (unpaired) electrons. The van der Waals surface area contributed by atoms with E-state index in [0.29, 0.717) is 11.1 Å². The molecule has 8 heteroatoms. The molecule has 4 aromatic rings. The van der Waals surface area contributed by atoms with Crippen LogP contribution < -0.4 is 10.9 Å². The molecule has 220 valence electrons. The molecule has 1 N–H and O–H groups in total. The third kappa shape index (κ3) is 7.51. The second kappa shape index (κ2) is 13.8. The van der Waals surface area contributed by atoms with Gasteiger partial charge >= 0.3 is 11.9 Å². The van der Waals surface area contributed by atoms with E-state index < -0.39 is 17.4 Å². The molecule has 8 nitrogen and oxygen atoms in total. The van der Waals surface area contributed by atoms with Crippen LogP contribution in [0, 0.1) is 13.8 Å². The lowest BCUT2D eigenvalue weighted by atomic mass is 10.0. The van der Waals surface area contributed by atoms with Crippen LogP contribution in [0.5, 0.6) is 0 Å². The number of hydrogen-bond acceptors (Lipinski definition) is 5. The van der Waals surface area contributed by atoms with Crippen LogP contribution in [0.2, 0.25) is 0 Å². The highest BCUT2D eigenvalue weighted by molar-refractivity contribution is 5.90. The van der Waals surface area contributed by atoms with Gasteiger partial charge in [-0.15, -0.1) is 0 Å². The van der Waals surface area contributed by atoms with Crippen molar-refractivity contribution in [3.05, 3.63) is 116 Å². The van der Waals surface area contributed by atoms with Crippen molar-refractivity contribution in [3.8, 4) is 22.3 Å². The van der Waals surface area contributed by atoms with Crippen molar-refractivity contribution < 1.29 is 19.4 Å². The molecule has 0 bridgehead atoms. The number of aromatic carboxylic acids is 1. The number of carbonyl (C=O) groups excluding carboxylic acids is 1. The minimum atomic E-state index is -1.20. The molecule has 0 aliphatic heterocycles. The molecule has 0 atom stereocenters. The number of carboxylic acid groups (broad SMARTS) is 1. The standard InChI is InChI=1S/C18H21NO3.C16H17NO3/c1-5-22-18(21)16-11-19(12(2)3)10-15(17(16)20)14-8-6-13(4)7-9-14;1-10(2)17-8-13(12-6-4-11(3)5-7-12)15(18)14(9-17)16(19)20/h6-12H,5H2,1-4H3;4-10H,1-3H3,(H,19,20). The quantitative estimate of drug-likeness (QED) is 0.248. The number of esters is 1. The lowest BCUT2D eigenvalue weighted by Crippen LogP contribution is -2.22. The SMILES string of the molecule is CCOC(=O)c1cn(C(C)C)cc(-c2ccc(C)cc2)c1=O.Cc1ccc(-c2cn(C(C)C)cc(C(=O)O)c2=O)cc1. The van der Waals surface area contributed by atoms with Crippen molar-refractivity contribution in [3.63, 3.8) is 0 Å². The third-order valence-corrected chi connectivity index (χ3v) is 6.73. The number of carboxylic acids is 1. The molecular formula is C34H38N2O6. The Morgan fingerprint density at radius 1 is 0.690 bits per heavy atom. The van der Waals surface area contributed by atoms with Crippen molar-refractivity contribution in [1.29, 1.82) is 0 Å². The fraction of sp³-hybridized carbons (Fsp3) is 0.294. The van der Waals surface area contributed by atoms with E-state index in [2.05, 4.69) is 0 Å². The molecule has 0 fully saturated rings. The highest BCUT2D eigenvalue weighted by atomic mass is 16.5. The zero-order chi connectivity index (χ0) is 31.1. The Labute approximate surface area is 245 Å². The van der Waals surface area contributed by atoms with Gasteiger partial charge in [0.2, 0.25) is 10.9 Å². The maximum absolute atomic E-state index is 12.6. The van der Waals surface area contributed by atoms with E-state index in [-0.39, 0.29) is 35.2 Å². The maximum atomic E-state index is 12.6. The number of benzene rings is 2.